The molecule has 130 valence electrons. The van der Waals surface area contributed by atoms with Gasteiger partial charge in [0, 0.05) is 37.6 Å². The minimum absolute atomic E-state index is 0.0140. The first kappa shape index (κ1) is 17.5. The third-order valence-electron chi connectivity index (χ3n) is 4.29. The summed E-state index contributed by atoms with van der Waals surface area (Å²) >= 11 is 1.77. The highest BCUT2D eigenvalue weighted by atomic mass is 32.1. The summed E-state index contributed by atoms with van der Waals surface area (Å²) in [7, 11) is 0. The first-order valence-corrected chi connectivity index (χ1v) is 9.24. The van der Waals surface area contributed by atoms with Crippen LogP contribution in [0.4, 0.5) is 0 Å². The fourth-order valence-corrected chi connectivity index (χ4v) is 3.62. The van der Waals surface area contributed by atoms with Crippen LogP contribution < -0.4 is 4.74 Å². The van der Waals surface area contributed by atoms with E-state index in [1.807, 2.05) is 4.90 Å². The van der Waals surface area contributed by atoms with Gasteiger partial charge in [0.15, 0.2) is 6.10 Å². The Kier molecular flexibility index (Phi) is 5.69. The summed E-state index contributed by atoms with van der Waals surface area (Å²) in [5.74, 6) is 0.622. The van der Waals surface area contributed by atoms with Gasteiger partial charge in [0.1, 0.15) is 5.75 Å². The number of piperazine rings is 1. The van der Waals surface area contributed by atoms with E-state index < -0.39 is 6.10 Å². The van der Waals surface area contributed by atoms with Crippen LogP contribution in [0.1, 0.15) is 17.4 Å². The van der Waals surface area contributed by atoms with E-state index in [0.29, 0.717) is 11.3 Å². The van der Waals surface area contributed by atoms with Crippen molar-refractivity contribution in [3.8, 4) is 11.8 Å². The molecule has 0 aliphatic carbocycles. The zero-order valence-corrected chi connectivity index (χ0v) is 15.0. The van der Waals surface area contributed by atoms with Crippen LogP contribution in [0.25, 0.3) is 0 Å². The Balaban J connectivity index is 1.48. The van der Waals surface area contributed by atoms with E-state index in [9.17, 15) is 4.79 Å². The minimum atomic E-state index is -0.531. The van der Waals surface area contributed by atoms with Crippen molar-refractivity contribution in [1.82, 2.24) is 9.80 Å². The second-order valence-electron chi connectivity index (χ2n) is 6.08. The summed E-state index contributed by atoms with van der Waals surface area (Å²) in [6.45, 7) is 5.95. The highest BCUT2D eigenvalue weighted by Gasteiger charge is 2.26. The first-order valence-electron chi connectivity index (χ1n) is 8.36. The van der Waals surface area contributed by atoms with Crippen LogP contribution in [0, 0.1) is 11.3 Å². The molecule has 0 radical (unpaired) electrons. The number of hydrogen-bond acceptors (Lipinski definition) is 5. The Hall–Kier alpha value is -2.36. The van der Waals surface area contributed by atoms with Gasteiger partial charge in [0.25, 0.3) is 5.91 Å². The third kappa shape index (κ3) is 4.59. The van der Waals surface area contributed by atoms with E-state index >= 15 is 0 Å². The fourth-order valence-electron chi connectivity index (χ4n) is 2.87. The van der Waals surface area contributed by atoms with Crippen molar-refractivity contribution in [1.29, 1.82) is 5.26 Å². The maximum Gasteiger partial charge on any atom is 0.263 e. The summed E-state index contributed by atoms with van der Waals surface area (Å²) in [5.41, 5.74) is 0.577. The maximum absolute atomic E-state index is 12.6. The normalized spacial score (nSPS) is 16.2. The first-order chi connectivity index (χ1) is 12.2. The number of nitriles is 1. The molecule has 0 bridgehead atoms. The number of thiophene rings is 1. The number of rotatable bonds is 5. The van der Waals surface area contributed by atoms with Crippen molar-refractivity contribution in [2.75, 3.05) is 26.2 Å². The molecular weight excluding hydrogens is 334 g/mol. The molecule has 6 heteroatoms. The van der Waals surface area contributed by atoms with E-state index in [4.69, 9.17) is 10.00 Å². The molecule has 3 rings (SSSR count). The quantitative estimate of drug-likeness (QED) is 0.827. The van der Waals surface area contributed by atoms with Gasteiger partial charge in [0.2, 0.25) is 0 Å². The number of amides is 1. The van der Waals surface area contributed by atoms with Gasteiger partial charge >= 0.3 is 0 Å². The maximum atomic E-state index is 12.6. The molecule has 5 nitrogen and oxygen atoms in total. The van der Waals surface area contributed by atoms with Crippen molar-refractivity contribution in [3.05, 3.63) is 52.2 Å². The van der Waals surface area contributed by atoms with Crippen molar-refractivity contribution < 1.29 is 9.53 Å². The molecule has 1 amide bonds. The molecule has 1 fully saturated rings. The van der Waals surface area contributed by atoms with Gasteiger partial charge in [-0.1, -0.05) is 6.07 Å². The second-order valence-corrected chi connectivity index (χ2v) is 7.11. The number of benzene rings is 1. The predicted molar refractivity (Wildman–Crippen MR) is 97.4 cm³/mol. The van der Waals surface area contributed by atoms with Gasteiger partial charge in [-0.15, -0.1) is 11.3 Å². The van der Waals surface area contributed by atoms with E-state index in [1.165, 1.54) is 4.88 Å². The molecule has 1 saturated heterocycles. The molecule has 1 atom stereocenters. The molecule has 2 aromatic rings. The highest BCUT2D eigenvalue weighted by molar-refractivity contribution is 7.09. The van der Waals surface area contributed by atoms with Crippen LogP contribution in [0.3, 0.4) is 0 Å². The van der Waals surface area contributed by atoms with E-state index in [-0.39, 0.29) is 5.91 Å². The lowest BCUT2D eigenvalue weighted by molar-refractivity contribution is -0.139. The van der Waals surface area contributed by atoms with Gasteiger partial charge in [0.05, 0.1) is 11.6 Å². The average molecular weight is 355 g/mol. The van der Waals surface area contributed by atoms with Crippen LogP contribution in [0.2, 0.25) is 0 Å². The van der Waals surface area contributed by atoms with Crippen LogP contribution >= 0.6 is 11.3 Å². The Bertz CT molecular complexity index is 729. The lowest BCUT2D eigenvalue weighted by Crippen LogP contribution is -2.51. The molecule has 0 saturated carbocycles. The van der Waals surface area contributed by atoms with E-state index in [1.54, 1.807) is 42.5 Å². The van der Waals surface area contributed by atoms with E-state index in [0.717, 1.165) is 32.7 Å². The fraction of sp³-hybridized carbons (Fsp3) is 0.368. The lowest BCUT2D eigenvalue weighted by Gasteiger charge is -2.35. The SMILES string of the molecule is C[C@H](Oc1ccc(C#N)cc1)C(=O)N1CCN(Cc2cccs2)CC1. The predicted octanol–water partition coefficient (Wildman–Crippen LogP) is 2.73. The molecule has 1 aliphatic heterocycles. The summed E-state index contributed by atoms with van der Waals surface area (Å²) in [6, 6.07) is 13.1. The molecule has 0 spiro atoms. The van der Waals surface area contributed by atoms with Crippen LogP contribution in [0.5, 0.6) is 5.75 Å². The van der Waals surface area contributed by atoms with E-state index in [2.05, 4.69) is 28.5 Å². The van der Waals surface area contributed by atoms with Crippen molar-refractivity contribution in [3.63, 3.8) is 0 Å². The van der Waals surface area contributed by atoms with Crippen LogP contribution in [-0.2, 0) is 11.3 Å². The molecule has 1 aromatic heterocycles. The lowest BCUT2D eigenvalue weighted by atomic mass is 10.2. The topological polar surface area (TPSA) is 56.6 Å². The molecular formula is C19H21N3O2S. The molecule has 0 unspecified atom stereocenters. The minimum Gasteiger partial charge on any atom is -0.481 e. The van der Waals surface area contributed by atoms with Crippen molar-refractivity contribution in [2.24, 2.45) is 0 Å². The van der Waals surface area contributed by atoms with Crippen LogP contribution in [0.15, 0.2) is 41.8 Å². The number of carbonyl (C=O) groups is 1. The van der Waals surface area contributed by atoms with Gasteiger partial charge in [-0.05, 0) is 42.6 Å². The molecule has 2 heterocycles. The third-order valence-corrected chi connectivity index (χ3v) is 5.15. The number of hydrogen-bond donors (Lipinski definition) is 0. The zero-order valence-electron chi connectivity index (χ0n) is 14.2. The monoisotopic (exact) mass is 355 g/mol. The van der Waals surface area contributed by atoms with Gasteiger partial charge < -0.3 is 9.64 Å². The summed E-state index contributed by atoms with van der Waals surface area (Å²) < 4.78 is 5.73. The number of carbonyl (C=O) groups excluding carboxylic acids is 1. The largest absolute Gasteiger partial charge is 0.481 e. The van der Waals surface area contributed by atoms with Gasteiger partial charge in [-0.2, -0.15) is 5.26 Å². The number of ether oxygens (including phenoxy) is 1. The Morgan fingerprint density at radius 2 is 1.96 bits per heavy atom. The Morgan fingerprint density at radius 3 is 2.56 bits per heavy atom. The van der Waals surface area contributed by atoms with Crippen molar-refractivity contribution >= 4 is 17.2 Å². The van der Waals surface area contributed by atoms with Gasteiger partial charge in [-0.25, -0.2) is 0 Å². The molecule has 1 aliphatic rings. The second kappa shape index (κ2) is 8.15. The molecule has 25 heavy (non-hydrogen) atoms. The van der Waals surface area contributed by atoms with Gasteiger partial charge in [-0.3, -0.25) is 9.69 Å². The number of nitrogens with zero attached hydrogens (tertiary/aromatic N) is 3. The Morgan fingerprint density at radius 1 is 1.24 bits per heavy atom. The Labute approximate surface area is 152 Å². The average Bonchev–Trinajstić information content (AvgIpc) is 3.15. The van der Waals surface area contributed by atoms with Crippen molar-refractivity contribution in [2.45, 2.75) is 19.6 Å². The zero-order chi connectivity index (χ0) is 17.6. The summed E-state index contributed by atoms with van der Waals surface area (Å²) in [4.78, 5) is 18.2. The molecule has 1 aromatic carbocycles. The smallest absolute Gasteiger partial charge is 0.263 e. The summed E-state index contributed by atoms with van der Waals surface area (Å²) in [6.07, 6.45) is -0.531. The molecule has 0 N–H and O–H groups in total. The van der Waals surface area contributed by atoms with Crippen LogP contribution in [-0.4, -0.2) is 48.0 Å². The standard InChI is InChI=1S/C19H21N3O2S/c1-15(24-17-6-4-16(13-20)5-7-17)19(23)22-10-8-21(9-11-22)14-18-3-2-12-25-18/h2-7,12,15H,8-11,14H2,1H3/t15-/m0/s1. The summed E-state index contributed by atoms with van der Waals surface area (Å²) in [5, 5.41) is 10.9. The highest BCUT2D eigenvalue weighted by Crippen LogP contribution is 2.16.